The Morgan fingerprint density at radius 2 is 1.57 bits per heavy atom. The number of hydrogen-bond donors (Lipinski definition) is 1. The summed E-state index contributed by atoms with van der Waals surface area (Å²) in [6.45, 7) is 2.50. The maximum Gasteiger partial charge on any atom is 0.149 e. The van der Waals surface area contributed by atoms with E-state index in [9.17, 15) is 8.78 Å². The van der Waals surface area contributed by atoms with Crippen LogP contribution < -0.4 is 10.2 Å². The molecule has 0 atom stereocenters. The zero-order valence-corrected chi connectivity index (χ0v) is 11.8. The summed E-state index contributed by atoms with van der Waals surface area (Å²) in [5, 5.41) is 2.88. The van der Waals surface area contributed by atoms with Crippen LogP contribution in [0.5, 0.6) is 0 Å². The average molecular weight is 288 g/mol. The quantitative estimate of drug-likeness (QED) is 0.908. The molecule has 2 aromatic carbocycles. The Kier molecular flexibility index (Phi) is 4.04. The van der Waals surface area contributed by atoms with Gasteiger partial charge in [-0.05, 0) is 36.6 Å². The van der Waals surface area contributed by atoms with Crippen LogP contribution >= 0.6 is 0 Å². The van der Waals surface area contributed by atoms with Crippen molar-refractivity contribution in [2.45, 2.75) is 19.4 Å². The van der Waals surface area contributed by atoms with Crippen LogP contribution in [0.3, 0.4) is 0 Å². The molecule has 4 heteroatoms. The van der Waals surface area contributed by atoms with Crippen LogP contribution in [0, 0.1) is 11.6 Å². The lowest BCUT2D eigenvalue weighted by atomic mass is 10.1. The zero-order chi connectivity index (χ0) is 14.7. The first-order valence-electron chi connectivity index (χ1n) is 7.26. The van der Waals surface area contributed by atoms with Gasteiger partial charge in [0.05, 0.1) is 0 Å². The van der Waals surface area contributed by atoms with Gasteiger partial charge < -0.3 is 10.2 Å². The molecule has 1 saturated heterocycles. The molecule has 3 rings (SSSR count). The van der Waals surface area contributed by atoms with E-state index in [-0.39, 0.29) is 5.69 Å². The van der Waals surface area contributed by atoms with Gasteiger partial charge in [-0.3, -0.25) is 0 Å². The maximum absolute atomic E-state index is 13.6. The summed E-state index contributed by atoms with van der Waals surface area (Å²) in [5.74, 6) is -1.12. The van der Waals surface area contributed by atoms with Gasteiger partial charge in [0.25, 0.3) is 0 Å². The minimum absolute atomic E-state index is 0.0614. The highest BCUT2D eigenvalue weighted by Gasteiger charge is 2.15. The average Bonchev–Trinajstić information content (AvgIpc) is 3.01. The summed E-state index contributed by atoms with van der Waals surface area (Å²) in [6.07, 6.45) is 2.40. The molecule has 2 nitrogen and oxygen atoms in total. The van der Waals surface area contributed by atoms with Crippen LogP contribution in [0.25, 0.3) is 0 Å². The normalized spacial score (nSPS) is 14.5. The second-order valence-corrected chi connectivity index (χ2v) is 5.27. The molecular formula is C17H18F2N2. The molecule has 0 amide bonds. The van der Waals surface area contributed by atoms with Crippen LogP contribution in [-0.4, -0.2) is 13.1 Å². The van der Waals surface area contributed by atoms with Crippen LogP contribution in [0.2, 0.25) is 0 Å². The Hall–Kier alpha value is -2.10. The van der Waals surface area contributed by atoms with Gasteiger partial charge in [0.1, 0.15) is 17.3 Å². The van der Waals surface area contributed by atoms with Crippen molar-refractivity contribution in [1.29, 1.82) is 0 Å². The summed E-state index contributed by atoms with van der Waals surface area (Å²) in [5.41, 5.74) is 2.15. The van der Waals surface area contributed by atoms with Gasteiger partial charge in [-0.15, -0.1) is 0 Å². The van der Waals surface area contributed by atoms with Crippen LogP contribution in [0.4, 0.5) is 20.2 Å². The fraction of sp³-hybridized carbons (Fsp3) is 0.294. The van der Waals surface area contributed by atoms with E-state index in [1.54, 1.807) is 0 Å². The molecule has 110 valence electrons. The van der Waals surface area contributed by atoms with Gasteiger partial charge in [0, 0.05) is 25.3 Å². The molecular weight excluding hydrogens is 270 g/mol. The highest BCUT2D eigenvalue weighted by atomic mass is 19.1. The van der Waals surface area contributed by atoms with Gasteiger partial charge >= 0.3 is 0 Å². The van der Waals surface area contributed by atoms with Gasteiger partial charge in [0.2, 0.25) is 0 Å². The lowest BCUT2D eigenvalue weighted by Crippen LogP contribution is -2.20. The smallest absolute Gasteiger partial charge is 0.149 e. The molecule has 1 N–H and O–H groups in total. The molecule has 0 aromatic heterocycles. The third-order valence-electron chi connectivity index (χ3n) is 3.86. The first-order chi connectivity index (χ1) is 10.3. The Morgan fingerprint density at radius 1 is 0.905 bits per heavy atom. The summed E-state index contributed by atoms with van der Waals surface area (Å²) < 4.78 is 27.3. The molecule has 1 aliphatic heterocycles. The molecule has 0 radical (unpaired) electrons. The van der Waals surface area contributed by atoms with E-state index in [1.807, 2.05) is 18.2 Å². The molecule has 0 unspecified atom stereocenters. The molecule has 2 aromatic rings. The summed E-state index contributed by atoms with van der Waals surface area (Å²) in [6, 6.07) is 11.9. The van der Waals surface area contributed by atoms with Crippen molar-refractivity contribution in [3.63, 3.8) is 0 Å². The standard InChI is InChI=1S/C17H18F2N2/c18-14-7-5-8-15(19)17(14)20-12-13-6-1-2-9-16(13)21-10-3-4-11-21/h1-2,5-9,20H,3-4,10-12H2. The van der Waals surface area contributed by atoms with Crippen LogP contribution in [-0.2, 0) is 6.54 Å². The van der Waals surface area contributed by atoms with Crippen molar-refractivity contribution in [3.05, 3.63) is 59.7 Å². The first kappa shape index (κ1) is 13.9. The zero-order valence-electron chi connectivity index (χ0n) is 11.8. The minimum atomic E-state index is -0.561. The maximum atomic E-state index is 13.6. The van der Waals surface area contributed by atoms with Crippen molar-refractivity contribution < 1.29 is 8.78 Å². The van der Waals surface area contributed by atoms with Crippen molar-refractivity contribution in [3.8, 4) is 0 Å². The molecule has 21 heavy (non-hydrogen) atoms. The van der Waals surface area contributed by atoms with E-state index in [1.165, 1.54) is 31.0 Å². The number of rotatable bonds is 4. The molecule has 0 saturated carbocycles. The number of nitrogens with zero attached hydrogens (tertiary/aromatic N) is 1. The molecule has 1 aliphatic rings. The first-order valence-corrected chi connectivity index (χ1v) is 7.26. The van der Waals surface area contributed by atoms with Gasteiger partial charge in [-0.25, -0.2) is 8.78 Å². The number of anilines is 2. The highest BCUT2D eigenvalue weighted by Crippen LogP contribution is 2.26. The highest BCUT2D eigenvalue weighted by molar-refractivity contribution is 5.56. The monoisotopic (exact) mass is 288 g/mol. The van der Waals surface area contributed by atoms with Gasteiger partial charge in [0.15, 0.2) is 0 Å². The third-order valence-corrected chi connectivity index (χ3v) is 3.86. The van der Waals surface area contributed by atoms with E-state index < -0.39 is 11.6 Å². The summed E-state index contributed by atoms with van der Waals surface area (Å²) in [4.78, 5) is 2.33. The number of hydrogen-bond acceptors (Lipinski definition) is 2. The fourth-order valence-electron chi connectivity index (χ4n) is 2.78. The van der Waals surface area contributed by atoms with E-state index in [0.29, 0.717) is 6.54 Å². The van der Waals surface area contributed by atoms with Gasteiger partial charge in [-0.2, -0.15) is 0 Å². The lowest BCUT2D eigenvalue weighted by molar-refractivity contribution is 0.588. The Morgan fingerprint density at radius 3 is 2.29 bits per heavy atom. The predicted molar refractivity (Wildman–Crippen MR) is 81.6 cm³/mol. The van der Waals surface area contributed by atoms with E-state index in [2.05, 4.69) is 16.3 Å². The van der Waals surface area contributed by atoms with E-state index in [0.717, 1.165) is 24.3 Å². The third kappa shape index (κ3) is 2.99. The minimum Gasteiger partial charge on any atom is -0.376 e. The molecule has 0 bridgehead atoms. The number of halogens is 2. The Bertz CT molecular complexity index is 602. The van der Waals surface area contributed by atoms with Crippen molar-refractivity contribution >= 4 is 11.4 Å². The molecule has 1 fully saturated rings. The van der Waals surface area contributed by atoms with Crippen molar-refractivity contribution in [2.75, 3.05) is 23.3 Å². The SMILES string of the molecule is Fc1cccc(F)c1NCc1ccccc1N1CCCC1. The van der Waals surface area contributed by atoms with Crippen molar-refractivity contribution in [1.82, 2.24) is 0 Å². The van der Waals surface area contributed by atoms with Crippen LogP contribution in [0.1, 0.15) is 18.4 Å². The van der Waals surface area contributed by atoms with Gasteiger partial charge in [-0.1, -0.05) is 24.3 Å². The summed E-state index contributed by atoms with van der Waals surface area (Å²) >= 11 is 0. The van der Waals surface area contributed by atoms with Crippen LogP contribution in [0.15, 0.2) is 42.5 Å². The van der Waals surface area contributed by atoms with E-state index in [4.69, 9.17) is 0 Å². The molecule has 1 heterocycles. The topological polar surface area (TPSA) is 15.3 Å². The van der Waals surface area contributed by atoms with E-state index >= 15 is 0 Å². The number of benzene rings is 2. The lowest BCUT2D eigenvalue weighted by Gasteiger charge is -2.21. The predicted octanol–water partition coefficient (Wildman–Crippen LogP) is 4.18. The number of nitrogens with one attached hydrogen (secondary N) is 1. The Balaban J connectivity index is 1.79. The fourth-order valence-corrected chi connectivity index (χ4v) is 2.78. The van der Waals surface area contributed by atoms with Crippen molar-refractivity contribution in [2.24, 2.45) is 0 Å². The molecule has 0 aliphatic carbocycles. The molecule has 0 spiro atoms. The number of para-hydroxylation sites is 2. The second kappa shape index (κ2) is 6.12. The Labute approximate surface area is 123 Å². The largest absolute Gasteiger partial charge is 0.376 e. The summed E-state index contributed by atoms with van der Waals surface area (Å²) in [7, 11) is 0. The second-order valence-electron chi connectivity index (χ2n) is 5.27.